The second-order valence-electron chi connectivity index (χ2n) is 8.82. The van der Waals surface area contributed by atoms with Crippen molar-refractivity contribution in [3.8, 4) is 5.75 Å². The van der Waals surface area contributed by atoms with Crippen LogP contribution in [0.4, 0.5) is 5.69 Å². The van der Waals surface area contributed by atoms with E-state index in [4.69, 9.17) is 17.0 Å². The molecule has 0 spiro atoms. The fourth-order valence-corrected chi connectivity index (χ4v) is 4.48. The number of hydrogen-bond acceptors (Lipinski definition) is 4. The summed E-state index contributed by atoms with van der Waals surface area (Å²) >= 11 is 8.81. The third-order valence-corrected chi connectivity index (χ3v) is 6.63. The summed E-state index contributed by atoms with van der Waals surface area (Å²) < 4.78 is 6.67. The van der Waals surface area contributed by atoms with Crippen molar-refractivity contribution in [2.45, 2.75) is 19.4 Å². The van der Waals surface area contributed by atoms with Gasteiger partial charge in [0.05, 0.1) is 18.2 Å². The summed E-state index contributed by atoms with van der Waals surface area (Å²) in [6.45, 7) is 2.36. The molecule has 0 fully saturated rings. The first-order chi connectivity index (χ1) is 18.9. The Morgan fingerprint density at radius 3 is 2.33 bits per heavy atom. The lowest BCUT2D eigenvalue weighted by Crippen LogP contribution is -2.34. The van der Waals surface area contributed by atoms with Crippen LogP contribution >= 0.6 is 28.1 Å². The number of ether oxygens (including phenoxy) is 1. The Morgan fingerprint density at radius 1 is 0.872 bits per heavy atom. The molecule has 0 aliphatic rings. The molecule has 4 rings (SSSR count). The lowest BCUT2D eigenvalue weighted by molar-refractivity contribution is 0.0937. The van der Waals surface area contributed by atoms with Gasteiger partial charge >= 0.3 is 0 Å². The van der Waals surface area contributed by atoms with Crippen molar-refractivity contribution in [1.82, 2.24) is 10.6 Å². The van der Waals surface area contributed by atoms with Crippen molar-refractivity contribution < 1.29 is 14.3 Å². The molecular formula is C31H28BrN3O3S. The van der Waals surface area contributed by atoms with Gasteiger partial charge in [-0.25, -0.2) is 0 Å². The highest BCUT2D eigenvalue weighted by Gasteiger charge is 2.16. The maximum absolute atomic E-state index is 13.1. The first-order valence-electron chi connectivity index (χ1n) is 12.4. The van der Waals surface area contributed by atoms with E-state index in [2.05, 4.69) is 31.9 Å². The maximum atomic E-state index is 13.1. The minimum absolute atomic E-state index is 0.102. The summed E-state index contributed by atoms with van der Waals surface area (Å²) in [6.07, 6.45) is 0.714. The number of nitrogens with one attached hydrogen (secondary N) is 3. The van der Waals surface area contributed by atoms with E-state index in [1.807, 2.05) is 73.7 Å². The maximum Gasteiger partial charge on any atom is 0.261 e. The normalized spacial score (nSPS) is 11.2. The number of amides is 2. The Kier molecular flexibility index (Phi) is 9.83. The van der Waals surface area contributed by atoms with Crippen LogP contribution in [-0.2, 0) is 6.42 Å². The van der Waals surface area contributed by atoms with E-state index in [-0.39, 0.29) is 17.1 Å². The van der Waals surface area contributed by atoms with Crippen LogP contribution in [0.2, 0.25) is 0 Å². The smallest absolute Gasteiger partial charge is 0.261 e. The van der Waals surface area contributed by atoms with Crippen molar-refractivity contribution in [2.24, 2.45) is 0 Å². The zero-order valence-corrected chi connectivity index (χ0v) is 23.7. The number of halogens is 1. The molecule has 0 bridgehead atoms. The quantitative estimate of drug-likeness (QED) is 0.186. The van der Waals surface area contributed by atoms with Gasteiger partial charge in [-0.3, -0.25) is 14.9 Å². The van der Waals surface area contributed by atoms with Gasteiger partial charge in [0, 0.05) is 22.1 Å². The van der Waals surface area contributed by atoms with Crippen molar-refractivity contribution in [2.75, 3.05) is 11.9 Å². The molecule has 198 valence electrons. The van der Waals surface area contributed by atoms with Gasteiger partial charge in [-0.05, 0) is 66.7 Å². The molecule has 0 saturated heterocycles. The summed E-state index contributed by atoms with van der Waals surface area (Å²) in [5, 5.41) is 8.79. The van der Waals surface area contributed by atoms with Crippen LogP contribution in [0.15, 0.2) is 108 Å². The SMILES string of the molecule is CC(NC(=O)c1cccc(NC(=S)NC(=O)c2cc(Br)ccc2OCCc2ccccc2)c1)c1ccccc1. The van der Waals surface area contributed by atoms with Crippen molar-refractivity contribution in [1.29, 1.82) is 0 Å². The van der Waals surface area contributed by atoms with E-state index in [9.17, 15) is 9.59 Å². The van der Waals surface area contributed by atoms with Gasteiger partial charge in [0.2, 0.25) is 0 Å². The predicted molar refractivity (Wildman–Crippen MR) is 162 cm³/mol. The summed E-state index contributed by atoms with van der Waals surface area (Å²) in [6, 6.07) is 31.8. The Labute approximate surface area is 241 Å². The van der Waals surface area contributed by atoms with E-state index < -0.39 is 5.91 Å². The molecule has 0 heterocycles. The molecule has 4 aromatic rings. The lowest BCUT2D eigenvalue weighted by atomic mass is 10.1. The molecule has 8 heteroatoms. The molecule has 0 aliphatic heterocycles. The molecular weight excluding hydrogens is 574 g/mol. The van der Waals surface area contributed by atoms with E-state index in [0.29, 0.717) is 35.6 Å². The Morgan fingerprint density at radius 2 is 1.59 bits per heavy atom. The highest BCUT2D eigenvalue weighted by molar-refractivity contribution is 9.10. The summed E-state index contributed by atoms with van der Waals surface area (Å²) in [5.41, 5.74) is 3.56. The number of hydrogen-bond donors (Lipinski definition) is 3. The number of benzene rings is 4. The molecule has 0 aromatic heterocycles. The third kappa shape index (κ3) is 8.24. The lowest BCUT2D eigenvalue weighted by Gasteiger charge is -2.16. The third-order valence-electron chi connectivity index (χ3n) is 5.93. The van der Waals surface area contributed by atoms with Gasteiger partial charge in [0.25, 0.3) is 11.8 Å². The number of rotatable bonds is 9. The number of anilines is 1. The summed E-state index contributed by atoms with van der Waals surface area (Å²) in [5.74, 6) is -0.161. The van der Waals surface area contributed by atoms with Crippen LogP contribution in [0, 0.1) is 0 Å². The predicted octanol–water partition coefficient (Wildman–Crippen LogP) is 6.69. The molecule has 4 aromatic carbocycles. The van der Waals surface area contributed by atoms with Crippen LogP contribution in [0.1, 0.15) is 44.8 Å². The molecule has 1 atom stereocenters. The minimum Gasteiger partial charge on any atom is -0.492 e. The standard InChI is InChI=1S/C31H28BrN3O3S/c1-21(23-11-6-3-7-12-23)33-29(36)24-13-8-14-26(19-24)34-31(39)35-30(37)27-20-25(32)15-16-28(27)38-18-17-22-9-4-2-5-10-22/h2-16,19-21H,17-18H2,1H3,(H,33,36)(H2,34,35,37,39). The molecule has 0 saturated carbocycles. The van der Waals surface area contributed by atoms with Crippen LogP contribution in [0.5, 0.6) is 5.75 Å². The van der Waals surface area contributed by atoms with Crippen LogP contribution in [0.25, 0.3) is 0 Å². The number of carbonyl (C=O) groups is 2. The van der Waals surface area contributed by atoms with Gasteiger partial charge in [0.1, 0.15) is 5.75 Å². The Bertz CT molecular complexity index is 1450. The highest BCUT2D eigenvalue weighted by Crippen LogP contribution is 2.24. The van der Waals surface area contributed by atoms with Gasteiger partial charge in [0.15, 0.2) is 5.11 Å². The van der Waals surface area contributed by atoms with Gasteiger partial charge in [-0.15, -0.1) is 0 Å². The van der Waals surface area contributed by atoms with E-state index in [0.717, 1.165) is 15.6 Å². The fourth-order valence-electron chi connectivity index (χ4n) is 3.91. The summed E-state index contributed by atoms with van der Waals surface area (Å²) in [7, 11) is 0. The molecule has 1 unspecified atom stereocenters. The minimum atomic E-state index is -0.408. The number of carbonyl (C=O) groups excluding carboxylic acids is 2. The first kappa shape index (κ1) is 28.0. The van der Waals surface area contributed by atoms with Gasteiger partial charge < -0.3 is 15.4 Å². The average molecular weight is 603 g/mol. The van der Waals surface area contributed by atoms with Crippen molar-refractivity contribution >= 4 is 50.8 Å². The molecule has 0 aliphatic carbocycles. The van der Waals surface area contributed by atoms with Crippen LogP contribution in [-0.4, -0.2) is 23.5 Å². The second-order valence-corrected chi connectivity index (χ2v) is 10.1. The largest absolute Gasteiger partial charge is 0.492 e. The fraction of sp³-hybridized carbons (Fsp3) is 0.129. The van der Waals surface area contributed by atoms with Crippen molar-refractivity contribution in [3.63, 3.8) is 0 Å². The van der Waals surface area contributed by atoms with Gasteiger partial charge in [-0.2, -0.15) is 0 Å². The molecule has 0 radical (unpaired) electrons. The molecule has 3 N–H and O–H groups in total. The van der Waals surface area contributed by atoms with E-state index in [1.54, 1.807) is 36.4 Å². The zero-order chi connectivity index (χ0) is 27.6. The van der Waals surface area contributed by atoms with Crippen molar-refractivity contribution in [3.05, 3.63) is 130 Å². The van der Waals surface area contributed by atoms with E-state index >= 15 is 0 Å². The van der Waals surface area contributed by atoms with E-state index in [1.165, 1.54) is 0 Å². The highest BCUT2D eigenvalue weighted by atomic mass is 79.9. The van der Waals surface area contributed by atoms with Crippen LogP contribution in [0.3, 0.4) is 0 Å². The zero-order valence-electron chi connectivity index (χ0n) is 21.3. The van der Waals surface area contributed by atoms with Crippen LogP contribution < -0.4 is 20.7 Å². The summed E-state index contributed by atoms with van der Waals surface area (Å²) in [4.78, 5) is 25.9. The molecule has 6 nitrogen and oxygen atoms in total. The number of thiocarbonyl (C=S) groups is 1. The Hall–Kier alpha value is -4.01. The monoisotopic (exact) mass is 601 g/mol. The first-order valence-corrected chi connectivity index (χ1v) is 13.6. The molecule has 2 amide bonds. The van der Waals surface area contributed by atoms with Gasteiger partial charge in [-0.1, -0.05) is 82.7 Å². The second kappa shape index (κ2) is 13.7. The Balaban J connectivity index is 1.36. The topological polar surface area (TPSA) is 79.5 Å². The average Bonchev–Trinajstić information content (AvgIpc) is 2.95. The molecule has 39 heavy (non-hydrogen) atoms.